The lowest BCUT2D eigenvalue weighted by molar-refractivity contribution is 2.17. The van der Waals surface area contributed by atoms with Crippen LogP contribution in [-0.2, 0) is 0 Å². The van der Waals surface area contributed by atoms with Gasteiger partial charge < -0.3 is 0 Å². The van der Waals surface area contributed by atoms with Gasteiger partial charge in [-0.1, -0.05) is 29.7 Å². The van der Waals surface area contributed by atoms with E-state index in [1.807, 2.05) is 0 Å². The highest BCUT2D eigenvalue weighted by molar-refractivity contribution is 6.64. The fourth-order valence-corrected chi connectivity index (χ4v) is 0.694. The first-order valence-electron chi connectivity index (χ1n) is 1.76. The van der Waals surface area contributed by atoms with Gasteiger partial charge in [0.1, 0.15) is 0 Å². The predicted octanol–water partition coefficient (Wildman–Crippen LogP) is 1.48. The molecule has 0 radical (unpaired) electrons. The summed E-state index contributed by atoms with van der Waals surface area (Å²) in [4.78, 5) is 0. The van der Waals surface area contributed by atoms with Crippen molar-refractivity contribution in [3.63, 3.8) is 0 Å². The summed E-state index contributed by atoms with van der Waals surface area (Å²) >= 11 is 10.6. The zero-order chi connectivity index (χ0) is 4.99. The Kier molecular flexibility index (Phi) is 4.05. The molecule has 0 N–H and O–H groups in total. The maximum Gasteiger partial charge on any atom is 0.0675 e. The fourth-order valence-electron chi connectivity index (χ4n) is 0.0772. The van der Waals surface area contributed by atoms with Gasteiger partial charge in [-0.15, -0.1) is 0 Å². The molecular weight excluding hydrogens is 135 g/mol. The van der Waals surface area contributed by atoms with E-state index in [1.165, 1.54) is 5.54 Å². The Morgan fingerprint density at radius 2 is 2.33 bits per heavy atom. The van der Waals surface area contributed by atoms with Crippen molar-refractivity contribution in [2.24, 2.45) is 0 Å². The molecule has 0 atom stereocenters. The lowest BCUT2D eigenvalue weighted by Gasteiger charge is -1.78. The summed E-state index contributed by atoms with van der Waals surface area (Å²) in [6, 6.07) is 0. The minimum Gasteiger partial charge on any atom is -0.0941 e. The quantitative estimate of drug-likeness (QED) is 0.485. The summed E-state index contributed by atoms with van der Waals surface area (Å²) in [6.45, 7) is 2.08. The smallest absolute Gasteiger partial charge is 0.0675 e. The van der Waals surface area contributed by atoms with Gasteiger partial charge in [0.2, 0.25) is 0 Å². The molecule has 0 saturated heterocycles. The van der Waals surface area contributed by atoms with E-state index in [1.54, 1.807) is 0 Å². The van der Waals surface area contributed by atoms with Crippen LogP contribution in [0.3, 0.4) is 0 Å². The first-order chi connectivity index (χ1) is 2.81. The van der Waals surface area contributed by atoms with Gasteiger partial charge in [0.25, 0.3) is 0 Å². The maximum atomic E-state index is 5.44. The second kappa shape index (κ2) is 3.72. The van der Waals surface area contributed by atoms with Crippen LogP contribution >= 0.6 is 23.2 Å². The highest BCUT2D eigenvalue weighted by Gasteiger charge is 1.79. The van der Waals surface area contributed by atoms with Crippen LogP contribution in [0.5, 0.6) is 0 Å². The molecule has 0 rings (SSSR count). The second-order valence-electron chi connectivity index (χ2n) is 0.910. The molecule has 0 heterocycles. The Morgan fingerprint density at radius 1 is 1.83 bits per heavy atom. The molecule has 0 bridgehead atoms. The van der Waals surface area contributed by atoms with E-state index < -0.39 is 0 Å². The molecule has 0 aliphatic carbocycles. The topological polar surface area (TPSA) is 0 Å². The molecule has 0 nitrogen and oxygen atoms in total. The van der Waals surface area contributed by atoms with Crippen LogP contribution in [0.4, 0.5) is 0 Å². The van der Waals surface area contributed by atoms with Crippen molar-refractivity contribution >= 4 is 32.7 Å². The van der Waals surface area contributed by atoms with Crippen LogP contribution in [-0.4, -0.2) is 9.52 Å². The minimum atomic E-state index is -0.167. The molecule has 0 unspecified atom stereocenters. The largest absolute Gasteiger partial charge is 0.0941 e. The number of hydrogen-bond acceptors (Lipinski definition) is 0. The van der Waals surface area contributed by atoms with Gasteiger partial charge in [-0.3, -0.25) is 0 Å². The van der Waals surface area contributed by atoms with Crippen molar-refractivity contribution in [1.29, 1.82) is 0 Å². The Bertz CT molecular complexity index is 59.8. The van der Waals surface area contributed by atoms with Crippen LogP contribution in [0.25, 0.3) is 0 Å². The number of hydrogen-bond donors (Lipinski definition) is 0. The summed E-state index contributed by atoms with van der Waals surface area (Å²) in [7, 11) is -0.167. The summed E-state index contributed by atoms with van der Waals surface area (Å²) < 4.78 is 0.844. The van der Waals surface area contributed by atoms with Crippen LogP contribution in [0.2, 0.25) is 6.55 Å². The van der Waals surface area contributed by atoms with Gasteiger partial charge in [-0.05, 0) is 0 Å². The molecule has 3 heteroatoms. The zero-order valence-electron chi connectivity index (χ0n) is 3.54. The molecule has 36 valence electrons. The molecule has 0 aromatic rings. The van der Waals surface area contributed by atoms with Gasteiger partial charge in [0.05, 0.1) is 9.52 Å². The van der Waals surface area contributed by atoms with Gasteiger partial charge in [-0.2, -0.15) is 0 Å². The van der Waals surface area contributed by atoms with Gasteiger partial charge in [0, 0.05) is 10.2 Å². The standard InChI is InChI=1S/C3H6Cl2Si/c1-6-3(5)2-4/h2H,6H2,1H3. The van der Waals surface area contributed by atoms with Gasteiger partial charge in [-0.25, -0.2) is 0 Å². The van der Waals surface area contributed by atoms with Crippen LogP contribution < -0.4 is 0 Å². The predicted molar refractivity (Wildman–Crippen MR) is 34.2 cm³/mol. The van der Waals surface area contributed by atoms with Crippen molar-refractivity contribution in [2.75, 3.05) is 0 Å². The van der Waals surface area contributed by atoms with Crippen LogP contribution in [0.1, 0.15) is 0 Å². The summed E-state index contributed by atoms with van der Waals surface area (Å²) in [5.41, 5.74) is 1.44. The SMILES string of the molecule is C[SiH2]C(Cl)=CCl. The average Bonchev–Trinajstić information content (AvgIpc) is 1.65. The normalized spacial score (nSPS) is 14.2. The molecule has 0 fully saturated rings. The summed E-state index contributed by atoms with van der Waals surface area (Å²) in [5.74, 6) is 0. The van der Waals surface area contributed by atoms with E-state index in [0.29, 0.717) is 0 Å². The van der Waals surface area contributed by atoms with E-state index in [2.05, 4.69) is 6.55 Å². The molecule has 6 heavy (non-hydrogen) atoms. The van der Waals surface area contributed by atoms with E-state index >= 15 is 0 Å². The zero-order valence-corrected chi connectivity index (χ0v) is 6.47. The number of halogens is 2. The highest BCUT2D eigenvalue weighted by atomic mass is 35.5. The summed E-state index contributed by atoms with van der Waals surface area (Å²) in [6.07, 6.45) is 0. The average molecular weight is 141 g/mol. The third kappa shape index (κ3) is 2.76. The monoisotopic (exact) mass is 140 g/mol. The van der Waals surface area contributed by atoms with Crippen LogP contribution in [0.15, 0.2) is 10.2 Å². The van der Waals surface area contributed by atoms with Crippen molar-refractivity contribution in [3.05, 3.63) is 10.2 Å². The van der Waals surface area contributed by atoms with Crippen molar-refractivity contribution in [1.82, 2.24) is 0 Å². The lowest BCUT2D eigenvalue weighted by Crippen LogP contribution is -1.75. The third-order valence-electron chi connectivity index (χ3n) is 0.456. The first-order valence-corrected chi connectivity index (χ1v) is 4.69. The van der Waals surface area contributed by atoms with E-state index in [0.717, 1.165) is 4.66 Å². The fraction of sp³-hybridized carbons (Fsp3) is 0.333. The van der Waals surface area contributed by atoms with Crippen LogP contribution in [0, 0.1) is 0 Å². The Hall–Kier alpha value is 0.537. The molecule has 0 amide bonds. The Morgan fingerprint density at radius 3 is 2.33 bits per heavy atom. The summed E-state index contributed by atoms with van der Waals surface area (Å²) in [5, 5.41) is 0. The van der Waals surface area contributed by atoms with E-state index in [4.69, 9.17) is 23.2 Å². The van der Waals surface area contributed by atoms with E-state index in [9.17, 15) is 0 Å². The van der Waals surface area contributed by atoms with Crippen molar-refractivity contribution in [3.8, 4) is 0 Å². The van der Waals surface area contributed by atoms with E-state index in [-0.39, 0.29) is 9.52 Å². The molecule has 0 aromatic heterocycles. The van der Waals surface area contributed by atoms with Crippen molar-refractivity contribution in [2.45, 2.75) is 6.55 Å². The second-order valence-corrected chi connectivity index (χ2v) is 3.53. The molecule has 0 aliphatic heterocycles. The maximum absolute atomic E-state index is 5.44. The molecule has 0 saturated carbocycles. The molecule has 0 spiro atoms. The first kappa shape index (κ1) is 6.54. The van der Waals surface area contributed by atoms with Gasteiger partial charge in [0.15, 0.2) is 0 Å². The third-order valence-corrected chi connectivity index (χ3v) is 2.88. The Labute approximate surface area is 50.0 Å². The van der Waals surface area contributed by atoms with Crippen molar-refractivity contribution < 1.29 is 0 Å². The highest BCUT2D eigenvalue weighted by Crippen LogP contribution is 1.98. The molecular formula is C3H6Cl2Si. The van der Waals surface area contributed by atoms with Gasteiger partial charge >= 0.3 is 0 Å². The number of rotatable bonds is 1. The Balaban J connectivity index is 3.22. The molecule has 0 aromatic carbocycles. The lowest BCUT2D eigenvalue weighted by atomic mass is 11.2. The molecule has 0 aliphatic rings. The minimum absolute atomic E-state index is 0.167.